The van der Waals surface area contributed by atoms with E-state index in [9.17, 15) is 18.3 Å². The predicted octanol–water partition coefficient (Wildman–Crippen LogP) is 5.55. The molecular formula is C25H30BrF3N4O4SSi. The van der Waals surface area contributed by atoms with E-state index < -0.39 is 55.6 Å². The Morgan fingerprint density at radius 1 is 1.15 bits per heavy atom. The van der Waals surface area contributed by atoms with Crippen molar-refractivity contribution >= 4 is 36.9 Å². The van der Waals surface area contributed by atoms with Crippen LogP contribution in [0.3, 0.4) is 0 Å². The van der Waals surface area contributed by atoms with E-state index in [0.29, 0.717) is 10.2 Å². The van der Waals surface area contributed by atoms with Crippen LogP contribution in [0.2, 0.25) is 18.1 Å². The van der Waals surface area contributed by atoms with Crippen molar-refractivity contribution in [3.05, 3.63) is 58.7 Å². The van der Waals surface area contributed by atoms with Crippen LogP contribution in [0.1, 0.15) is 26.8 Å². The average molecular weight is 648 g/mol. The topological polar surface area (TPSA) is 91.5 Å². The van der Waals surface area contributed by atoms with E-state index in [1.807, 2.05) is 0 Å². The molecule has 3 heterocycles. The van der Waals surface area contributed by atoms with E-state index in [1.165, 1.54) is 17.1 Å². The number of aromatic nitrogens is 4. The number of nitrogens with zero attached hydrogens (tertiary/aromatic N) is 4. The Morgan fingerprint density at radius 3 is 2.44 bits per heavy atom. The third-order valence-electron chi connectivity index (χ3n) is 7.12. The summed E-state index contributed by atoms with van der Waals surface area (Å²) >= 11 is 7.98. The minimum atomic E-state index is -2.18. The van der Waals surface area contributed by atoms with Gasteiger partial charge in [0.1, 0.15) is 35.1 Å². The van der Waals surface area contributed by atoms with Gasteiger partial charge in [-0.2, -0.15) is 0 Å². The van der Waals surface area contributed by atoms with Crippen LogP contribution in [0, 0.1) is 17.5 Å². The summed E-state index contributed by atoms with van der Waals surface area (Å²) in [5.41, 5.74) is -0.786. The van der Waals surface area contributed by atoms with Gasteiger partial charge in [-0.15, -0.1) is 17.7 Å². The molecule has 212 valence electrons. The Morgan fingerprint density at radius 2 is 1.82 bits per heavy atom. The molecule has 1 aliphatic heterocycles. The number of benzene rings is 1. The minimum Gasteiger partial charge on any atom is -0.483 e. The van der Waals surface area contributed by atoms with E-state index >= 15 is 0 Å². The van der Waals surface area contributed by atoms with Gasteiger partial charge in [-0.25, -0.2) is 17.9 Å². The van der Waals surface area contributed by atoms with Crippen LogP contribution >= 0.6 is 28.6 Å². The number of aliphatic hydroxyl groups excluding tert-OH is 1. The summed E-state index contributed by atoms with van der Waals surface area (Å²) in [5, 5.41) is 19.6. The first-order valence-electron chi connectivity index (χ1n) is 12.2. The van der Waals surface area contributed by atoms with Crippen LogP contribution in [-0.2, 0) is 9.16 Å². The molecule has 0 amide bonds. The fourth-order valence-corrected chi connectivity index (χ4v) is 5.62. The van der Waals surface area contributed by atoms with Gasteiger partial charge in [-0.05, 0) is 52.3 Å². The molecule has 1 N–H and O–H groups in total. The van der Waals surface area contributed by atoms with E-state index in [4.69, 9.17) is 13.9 Å². The molecule has 2 aromatic heterocycles. The Bertz CT molecular complexity index is 1310. The van der Waals surface area contributed by atoms with Gasteiger partial charge in [-0.1, -0.05) is 26.0 Å². The van der Waals surface area contributed by atoms with Crippen molar-refractivity contribution < 1.29 is 32.2 Å². The number of thiol groups is 1. The fraction of sp³-hybridized carbons (Fsp3) is 0.480. The van der Waals surface area contributed by atoms with Gasteiger partial charge in [0.25, 0.3) is 0 Å². The summed E-state index contributed by atoms with van der Waals surface area (Å²) in [6, 6.07) is 2.45. The van der Waals surface area contributed by atoms with E-state index in [0.717, 1.165) is 12.1 Å². The van der Waals surface area contributed by atoms with Crippen molar-refractivity contribution in [2.24, 2.45) is 0 Å². The summed E-state index contributed by atoms with van der Waals surface area (Å²) in [6.45, 7) is 10.6. The SMILES string of the molecule is CC(C)(C)[Si](C)(C)OC[C@@H]1O[C@@H](S)[C@@H](Oc2cncc(Br)c2)[C@H](n2cc(-c3cc(F)c(F)c(F)c3)nn2)[C@@H]1O. The highest BCUT2D eigenvalue weighted by Gasteiger charge is 2.48. The molecule has 3 aromatic rings. The molecule has 0 saturated carbocycles. The summed E-state index contributed by atoms with van der Waals surface area (Å²) in [7, 11) is -2.18. The van der Waals surface area contributed by atoms with E-state index in [-0.39, 0.29) is 22.9 Å². The van der Waals surface area contributed by atoms with Gasteiger partial charge in [0, 0.05) is 16.2 Å². The van der Waals surface area contributed by atoms with Gasteiger partial charge in [0.2, 0.25) is 0 Å². The Balaban J connectivity index is 1.68. The molecule has 4 rings (SSSR count). The van der Waals surface area contributed by atoms with Gasteiger partial charge in [0.15, 0.2) is 31.9 Å². The quantitative estimate of drug-likeness (QED) is 0.198. The largest absolute Gasteiger partial charge is 0.483 e. The molecule has 5 atom stereocenters. The van der Waals surface area contributed by atoms with Crippen molar-refractivity contribution in [3.63, 3.8) is 0 Å². The first-order valence-corrected chi connectivity index (χ1v) is 16.4. The van der Waals surface area contributed by atoms with E-state index in [2.05, 4.69) is 77.7 Å². The van der Waals surface area contributed by atoms with Crippen LogP contribution < -0.4 is 4.74 Å². The lowest BCUT2D eigenvalue weighted by Crippen LogP contribution is -2.57. The molecule has 0 aliphatic carbocycles. The monoisotopic (exact) mass is 646 g/mol. The number of hydrogen-bond donors (Lipinski definition) is 2. The minimum absolute atomic E-state index is 0.0203. The molecular weight excluding hydrogens is 617 g/mol. The average Bonchev–Trinajstić information content (AvgIpc) is 3.32. The molecule has 14 heteroatoms. The number of rotatable bonds is 7. The van der Waals surface area contributed by atoms with Crippen molar-refractivity contribution in [2.45, 2.75) is 68.7 Å². The van der Waals surface area contributed by atoms with Gasteiger partial charge in [0.05, 0.1) is 19.0 Å². The Hall–Kier alpha value is -1.97. The third-order valence-corrected chi connectivity index (χ3v) is 12.5. The van der Waals surface area contributed by atoms with Crippen LogP contribution in [0.15, 0.2) is 41.3 Å². The van der Waals surface area contributed by atoms with Gasteiger partial charge in [-0.3, -0.25) is 4.98 Å². The normalized spacial score (nSPS) is 24.1. The molecule has 8 nitrogen and oxygen atoms in total. The highest BCUT2D eigenvalue weighted by molar-refractivity contribution is 9.10. The highest BCUT2D eigenvalue weighted by atomic mass is 79.9. The summed E-state index contributed by atoms with van der Waals surface area (Å²) < 4.78 is 61.8. The maximum absolute atomic E-state index is 13.9. The van der Waals surface area contributed by atoms with Crippen LogP contribution in [0.25, 0.3) is 11.3 Å². The molecule has 0 bridgehead atoms. The lowest BCUT2D eigenvalue weighted by Gasteiger charge is -2.44. The molecule has 0 spiro atoms. The zero-order valence-corrected chi connectivity index (χ0v) is 25.5. The van der Waals surface area contributed by atoms with Crippen molar-refractivity contribution in [2.75, 3.05) is 6.61 Å². The highest BCUT2D eigenvalue weighted by Crippen LogP contribution is 2.39. The van der Waals surface area contributed by atoms with Crippen molar-refractivity contribution in [3.8, 4) is 17.0 Å². The fourth-order valence-electron chi connectivity index (χ4n) is 3.87. The number of ether oxygens (including phenoxy) is 2. The standard InChI is InChI=1S/C25H30BrF3N4O4SSi/c1-25(2,3)39(4,5)35-12-19-22(34)21(23(24(38)37-19)36-15-8-14(26)9-30-10-15)33-11-18(31-32-33)13-6-16(27)20(29)17(28)7-13/h6-11,19,21-24,34,38H,12H2,1-5H3/t19-,21+,22+,23-,24-/m0/s1. The number of aliphatic hydroxyl groups is 1. The smallest absolute Gasteiger partial charge is 0.194 e. The summed E-state index contributed by atoms with van der Waals surface area (Å²) in [6.07, 6.45) is 1.61. The maximum atomic E-state index is 13.9. The lowest BCUT2D eigenvalue weighted by molar-refractivity contribution is -0.170. The second-order valence-corrected chi connectivity index (χ2v) is 17.1. The number of halogens is 4. The molecule has 1 saturated heterocycles. The zero-order valence-electron chi connectivity index (χ0n) is 22.0. The van der Waals surface area contributed by atoms with E-state index in [1.54, 1.807) is 12.3 Å². The van der Waals surface area contributed by atoms with Crippen molar-refractivity contribution in [1.82, 2.24) is 20.0 Å². The molecule has 39 heavy (non-hydrogen) atoms. The van der Waals surface area contributed by atoms with Crippen LogP contribution in [-0.4, -0.2) is 63.8 Å². The lowest BCUT2D eigenvalue weighted by atomic mass is 9.97. The molecule has 0 radical (unpaired) electrons. The molecule has 1 aromatic carbocycles. The number of pyridine rings is 1. The summed E-state index contributed by atoms with van der Waals surface area (Å²) in [4.78, 5) is 4.10. The predicted molar refractivity (Wildman–Crippen MR) is 148 cm³/mol. The Labute approximate surface area is 239 Å². The third kappa shape index (κ3) is 6.51. The summed E-state index contributed by atoms with van der Waals surface area (Å²) in [5.74, 6) is -3.91. The van der Waals surface area contributed by atoms with Gasteiger partial charge < -0.3 is 19.0 Å². The molecule has 0 unspecified atom stereocenters. The van der Waals surface area contributed by atoms with Crippen LogP contribution in [0.5, 0.6) is 5.75 Å². The first-order chi connectivity index (χ1) is 18.2. The second-order valence-electron chi connectivity index (χ2n) is 10.9. The maximum Gasteiger partial charge on any atom is 0.194 e. The second kappa shape index (κ2) is 11.5. The zero-order chi connectivity index (χ0) is 28.7. The molecule has 1 aliphatic rings. The van der Waals surface area contributed by atoms with Crippen molar-refractivity contribution in [1.29, 1.82) is 0 Å². The number of hydrogen-bond acceptors (Lipinski definition) is 8. The first kappa shape index (κ1) is 30.0. The molecule has 1 fully saturated rings. The Kier molecular flexibility index (Phi) is 8.84. The van der Waals surface area contributed by atoms with Crippen LogP contribution in [0.4, 0.5) is 13.2 Å². The van der Waals surface area contributed by atoms with Gasteiger partial charge >= 0.3 is 0 Å².